The van der Waals surface area contributed by atoms with Crippen LogP contribution in [0.4, 0.5) is 15.8 Å². The first kappa shape index (κ1) is 8.93. The number of nitro benzene ring substituents is 1. The molecule has 6 heteroatoms. The van der Waals surface area contributed by atoms with E-state index in [4.69, 9.17) is 11.0 Å². The molecule has 0 spiro atoms. The van der Waals surface area contributed by atoms with Crippen LogP contribution in [0.2, 0.25) is 0 Å². The Morgan fingerprint density at radius 3 is 2.69 bits per heavy atom. The molecule has 1 rings (SSSR count). The number of nitrogen functional groups attached to an aromatic ring is 1. The van der Waals surface area contributed by atoms with Crippen molar-refractivity contribution in [2.75, 3.05) is 5.73 Å². The highest BCUT2D eigenvalue weighted by atomic mass is 19.1. The lowest BCUT2D eigenvalue weighted by molar-refractivity contribution is -0.384. The van der Waals surface area contributed by atoms with Crippen LogP contribution in [0.1, 0.15) is 5.56 Å². The van der Waals surface area contributed by atoms with Gasteiger partial charge in [-0.15, -0.1) is 0 Å². The molecule has 13 heavy (non-hydrogen) atoms. The van der Waals surface area contributed by atoms with E-state index in [1.807, 2.05) is 0 Å². The summed E-state index contributed by atoms with van der Waals surface area (Å²) in [5, 5.41) is 18.7. The Labute approximate surface area is 72.3 Å². The largest absolute Gasteiger partial charge is 0.391 e. The number of nitrogens with zero attached hydrogens (tertiary/aromatic N) is 2. The van der Waals surface area contributed by atoms with Crippen LogP contribution in [0.25, 0.3) is 0 Å². The summed E-state index contributed by atoms with van der Waals surface area (Å²) in [6.07, 6.45) is 0. The third-order valence-corrected chi connectivity index (χ3v) is 1.43. The summed E-state index contributed by atoms with van der Waals surface area (Å²) in [6.45, 7) is 0. The van der Waals surface area contributed by atoms with Gasteiger partial charge >= 0.3 is 0 Å². The number of rotatable bonds is 1. The van der Waals surface area contributed by atoms with Crippen molar-refractivity contribution < 1.29 is 9.31 Å². The van der Waals surface area contributed by atoms with Gasteiger partial charge in [0.2, 0.25) is 0 Å². The Balaban J connectivity index is 3.44. The average molecular weight is 181 g/mol. The lowest BCUT2D eigenvalue weighted by Gasteiger charge is -1.98. The first-order valence-corrected chi connectivity index (χ1v) is 3.19. The van der Waals surface area contributed by atoms with E-state index in [-0.39, 0.29) is 5.56 Å². The second kappa shape index (κ2) is 3.06. The molecule has 0 saturated carbocycles. The Kier molecular flexibility index (Phi) is 2.11. The van der Waals surface area contributed by atoms with Gasteiger partial charge < -0.3 is 5.73 Å². The fourth-order valence-electron chi connectivity index (χ4n) is 0.819. The summed E-state index contributed by atoms with van der Waals surface area (Å²) in [5.74, 6) is -0.953. The maximum atomic E-state index is 12.8. The number of hydrogen-bond acceptors (Lipinski definition) is 4. The number of nitrogens with two attached hydrogens (primary N) is 1. The molecular formula is C7H4FN3O2. The van der Waals surface area contributed by atoms with Crippen molar-refractivity contribution in [1.82, 2.24) is 0 Å². The van der Waals surface area contributed by atoms with Crippen molar-refractivity contribution in [1.29, 1.82) is 5.26 Å². The molecule has 0 bridgehead atoms. The minimum Gasteiger partial charge on any atom is -0.391 e. The second-order valence-electron chi connectivity index (χ2n) is 2.26. The fourth-order valence-corrected chi connectivity index (χ4v) is 0.819. The highest BCUT2D eigenvalue weighted by molar-refractivity contribution is 5.61. The van der Waals surface area contributed by atoms with Gasteiger partial charge in [-0.3, -0.25) is 10.1 Å². The summed E-state index contributed by atoms with van der Waals surface area (Å²) in [4.78, 5) is 9.46. The van der Waals surface area contributed by atoms with E-state index in [2.05, 4.69) is 0 Å². The van der Waals surface area contributed by atoms with Crippen molar-refractivity contribution in [3.63, 3.8) is 0 Å². The van der Waals surface area contributed by atoms with E-state index >= 15 is 0 Å². The van der Waals surface area contributed by atoms with E-state index < -0.39 is 22.1 Å². The molecule has 0 atom stereocenters. The first-order chi connectivity index (χ1) is 6.06. The van der Waals surface area contributed by atoms with Crippen molar-refractivity contribution in [3.05, 3.63) is 33.6 Å². The van der Waals surface area contributed by atoms with Gasteiger partial charge in [-0.05, 0) is 6.07 Å². The molecule has 0 unspecified atom stereocenters. The standard InChI is InChI=1S/C7H4FN3O2/c8-5-1-4(3-9)2-6(7(5)10)11(12)13/h1-2H,10H2. The SMILES string of the molecule is N#Cc1cc(F)c(N)c([N+](=O)[O-])c1. The predicted molar refractivity (Wildman–Crippen MR) is 42.2 cm³/mol. The zero-order valence-corrected chi connectivity index (χ0v) is 6.32. The average Bonchev–Trinajstić information content (AvgIpc) is 2.09. The minimum absolute atomic E-state index is 0.126. The normalized spacial score (nSPS) is 9.23. The van der Waals surface area contributed by atoms with E-state index in [1.54, 1.807) is 6.07 Å². The van der Waals surface area contributed by atoms with Crippen LogP contribution in [0, 0.1) is 27.3 Å². The van der Waals surface area contributed by atoms with Crippen LogP contribution in [0.15, 0.2) is 12.1 Å². The molecule has 2 N–H and O–H groups in total. The van der Waals surface area contributed by atoms with Gasteiger partial charge in [0.1, 0.15) is 5.69 Å². The van der Waals surface area contributed by atoms with E-state index in [9.17, 15) is 14.5 Å². The molecule has 0 heterocycles. The maximum absolute atomic E-state index is 12.8. The Bertz CT molecular complexity index is 411. The van der Waals surface area contributed by atoms with Crippen molar-refractivity contribution >= 4 is 11.4 Å². The zero-order valence-electron chi connectivity index (χ0n) is 6.32. The van der Waals surface area contributed by atoms with Crippen LogP contribution in [0.5, 0.6) is 0 Å². The van der Waals surface area contributed by atoms with E-state index in [0.717, 1.165) is 12.1 Å². The summed E-state index contributed by atoms with van der Waals surface area (Å²) in [6, 6.07) is 3.37. The third kappa shape index (κ3) is 1.54. The molecule has 0 aliphatic heterocycles. The van der Waals surface area contributed by atoms with Crippen molar-refractivity contribution in [3.8, 4) is 6.07 Å². The molecule has 0 aliphatic rings. The number of halogens is 1. The summed E-state index contributed by atoms with van der Waals surface area (Å²) in [5.41, 5.74) is 3.82. The second-order valence-corrected chi connectivity index (χ2v) is 2.26. The zero-order chi connectivity index (χ0) is 10.0. The molecule has 0 saturated heterocycles. The molecule has 1 aromatic rings. The number of nitro groups is 1. The molecule has 0 amide bonds. The topological polar surface area (TPSA) is 93.0 Å². The van der Waals surface area contributed by atoms with E-state index in [0.29, 0.717) is 0 Å². The molecule has 0 aliphatic carbocycles. The highest BCUT2D eigenvalue weighted by Crippen LogP contribution is 2.25. The van der Waals surface area contributed by atoms with Crippen LogP contribution in [0.3, 0.4) is 0 Å². The van der Waals surface area contributed by atoms with Crippen LogP contribution in [-0.2, 0) is 0 Å². The van der Waals surface area contributed by atoms with Gasteiger partial charge in [0.05, 0.1) is 16.6 Å². The molecular weight excluding hydrogens is 177 g/mol. The monoisotopic (exact) mass is 181 g/mol. The Morgan fingerprint density at radius 2 is 2.23 bits per heavy atom. The van der Waals surface area contributed by atoms with Gasteiger partial charge in [0.25, 0.3) is 5.69 Å². The van der Waals surface area contributed by atoms with Crippen molar-refractivity contribution in [2.45, 2.75) is 0 Å². The quantitative estimate of drug-likeness (QED) is 0.400. The summed E-state index contributed by atoms with van der Waals surface area (Å²) in [7, 11) is 0. The Morgan fingerprint density at radius 1 is 1.62 bits per heavy atom. The number of hydrogen-bond donors (Lipinski definition) is 1. The molecule has 0 fully saturated rings. The highest BCUT2D eigenvalue weighted by Gasteiger charge is 2.16. The van der Waals surface area contributed by atoms with Gasteiger partial charge in [0.15, 0.2) is 5.82 Å². The predicted octanol–water partition coefficient (Wildman–Crippen LogP) is 1.19. The van der Waals surface area contributed by atoms with Gasteiger partial charge in [-0.2, -0.15) is 5.26 Å². The van der Waals surface area contributed by atoms with Gasteiger partial charge in [-0.25, -0.2) is 4.39 Å². The lowest BCUT2D eigenvalue weighted by atomic mass is 10.2. The number of benzene rings is 1. The lowest BCUT2D eigenvalue weighted by Crippen LogP contribution is -1.99. The van der Waals surface area contributed by atoms with Crippen LogP contribution >= 0.6 is 0 Å². The maximum Gasteiger partial charge on any atom is 0.296 e. The molecule has 66 valence electrons. The van der Waals surface area contributed by atoms with Gasteiger partial charge in [-0.1, -0.05) is 0 Å². The van der Waals surface area contributed by atoms with Crippen LogP contribution < -0.4 is 5.73 Å². The van der Waals surface area contributed by atoms with Crippen LogP contribution in [-0.4, -0.2) is 4.92 Å². The third-order valence-electron chi connectivity index (χ3n) is 1.43. The van der Waals surface area contributed by atoms with Crippen molar-refractivity contribution in [2.24, 2.45) is 0 Å². The van der Waals surface area contributed by atoms with Gasteiger partial charge in [0, 0.05) is 6.07 Å². The minimum atomic E-state index is -0.953. The molecule has 1 aromatic carbocycles. The Hall–Kier alpha value is -2.16. The smallest absolute Gasteiger partial charge is 0.296 e. The molecule has 5 nitrogen and oxygen atoms in total. The summed E-state index contributed by atoms with van der Waals surface area (Å²) >= 11 is 0. The summed E-state index contributed by atoms with van der Waals surface area (Å²) < 4.78 is 12.8. The number of anilines is 1. The fraction of sp³-hybridized carbons (Fsp3) is 0. The molecule has 0 radical (unpaired) electrons. The van der Waals surface area contributed by atoms with E-state index in [1.165, 1.54) is 0 Å². The number of nitriles is 1. The first-order valence-electron chi connectivity index (χ1n) is 3.19. The molecule has 0 aromatic heterocycles.